The third-order valence-corrected chi connectivity index (χ3v) is 4.22. The van der Waals surface area contributed by atoms with E-state index in [0.717, 1.165) is 37.4 Å². The first-order chi connectivity index (χ1) is 11.8. The molecule has 24 heavy (non-hydrogen) atoms. The second-order valence-corrected chi connectivity index (χ2v) is 5.92. The number of benzene rings is 1. The summed E-state index contributed by atoms with van der Waals surface area (Å²) in [5, 5.41) is 3.48. The summed E-state index contributed by atoms with van der Waals surface area (Å²) in [6.45, 7) is 5.23. The van der Waals surface area contributed by atoms with Crippen LogP contribution in [0.4, 0.5) is 5.82 Å². The zero-order valence-electron chi connectivity index (χ0n) is 13.9. The number of rotatable bonds is 6. The second-order valence-electron chi connectivity index (χ2n) is 5.92. The van der Waals surface area contributed by atoms with E-state index in [0.29, 0.717) is 11.6 Å². The van der Waals surface area contributed by atoms with Crippen molar-refractivity contribution in [2.45, 2.75) is 26.0 Å². The minimum absolute atomic E-state index is 0.235. The van der Waals surface area contributed by atoms with Crippen molar-refractivity contribution in [3.05, 3.63) is 59.8 Å². The quantitative estimate of drug-likeness (QED) is 0.828. The summed E-state index contributed by atoms with van der Waals surface area (Å²) >= 11 is 0. The van der Waals surface area contributed by atoms with Gasteiger partial charge >= 0.3 is 5.97 Å². The summed E-state index contributed by atoms with van der Waals surface area (Å²) < 4.78 is 5.47. The number of hydrogen-bond acceptors (Lipinski definition) is 5. The van der Waals surface area contributed by atoms with E-state index in [4.69, 9.17) is 4.74 Å². The molecule has 0 spiro atoms. The lowest BCUT2D eigenvalue weighted by Crippen LogP contribution is -2.32. The van der Waals surface area contributed by atoms with E-state index in [1.165, 1.54) is 0 Å². The first kappa shape index (κ1) is 16.5. The minimum atomic E-state index is -0.308. The lowest BCUT2D eigenvalue weighted by molar-refractivity contribution is 0.0473. The number of aromatic nitrogens is 1. The molecule has 0 saturated carbocycles. The van der Waals surface area contributed by atoms with Crippen LogP contribution in [-0.4, -0.2) is 36.6 Å². The molecule has 2 heterocycles. The highest BCUT2D eigenvalue weighted by Gasteiger charge is 2.24. The van der Waals surface area contributed by atoms with Gasteiger partial charge in [0.2, 0.25) is 0 Å². The molecular formula is C19H23N3O2. The monoisotopic (exact) mass is 325 g/mol. The molecule has 1 aromatic carbocycles. The van der Waals surface area contributed by atoms with Crippen LogP contribution in [0, 0.1) is 0 Å². The van der Waals surface area contributed by atoms with Gasteiger partial charge in [-0.15, -0.1) is 0 Å². The van der Waals surface area contributed by atoms with Crippen molar-refractivity contribution in [1.29, 1.82) is 0 Å². The average Bonchev–Trinajstić information content (AvgIpc) is 3.09. The number of likely N-dealkylation sites (N-methyl/N-ethyl adjacent to an activating group) is 1. The fourth-order valence-corrected chi connectivity index (χ4v) is 3.04. The second kappa shape index (κ2) is 7.93. The van der Waals surface area contributed by atoms with Gasteiger partial charge in [-0.25, -0.2) is 9.78 Å². The molecule has 1 aliphatic rings. The molecule has 0 bridgehead atoms. The highest BCUT2D eigenvalue weighted by atomic mass is 16.5. The summed E-state index contributed by atoms with van der Waals surface area (Å²) in [5.74, 6) is 0.608. The third kappa shape index (κ3) is 3.92. The molecular weight excluding hydrogens is 302 g/mol. The zero-order valence-corrected chi connectivity index (χ0v) is 13.9. The number of carbonyl (C=O) groups excluding carboxylic acids is 1. The Kier molecular flexibility index (Phi) is 5.43. The van der Waals surface area contributed by atoms with E-state index >= 15 is 0 Å². The zero-order chi connectivity index (χ0) is 16.8. The van der Waals surface area contributed by atoms with Crippen LogP contribution in [0.25, 0.3) is 0 Å². The van der Waals surface area contributed by atoms with Crippen molar-refractivity contribution in [2.24, 2.45) is 0 Å². The van der Waals surface area contributed by atoms with Gasteiger partial charge in [-0.2, -0.15) is 0 Å². The molecule has 5 nitrogen and oxygen atoms in total. The molecule has 1 fully saturated rings. The fourth-order valence-electron chi connectivity index (χ4n) is 3.04. The summed E-state index contributed by atoms with van der Waals surface area (Å²) in [6.07, 6.45) is 2.89. The maximum atomic E-state index is 12.1. The minimum Gasteiger partial charge on any atom is -0.457 e. The highest BCUT2D eigenvalue weighted by molar-refractivity contribution is 5.89. The molecule has 1 N–H and O–H groups in total. The molecule has 1 saturated heterocycles. The summed E-state index contributed by atoms with van der Waals surface area (Å²) in [5.41, 5.74) is 1.51. The van der Waals surface area contributed by atoms with E-state index in [2.05, 4.69) is 22.1 Å². The molecule has 1 aromatic heterocycles. The maximum absolute atomic E-state index is 12.1. The van der Waals surface area contributed by atoms with E-state index in [1.807, 2.05) is 30.3 Å². The molecule has 1 aliphatic heterocycles. The molecule has 0 aliphatic carbocycles. The van der Waals surface area contributed by atoms with Gasteiger partial charge < -0.3 is 15.0 Å². The maximum Gasteiger partial charge on any atom is 0.338 e. The van der Waals surface area contributed by atoms with Crippen molar-refractivity contribution < 1.29 is 9.53 Å². The van der Waals surface area contributed by atoms with Crippen LogP contribution < -0.4 is 10.2 Å². The fraction of sp³-hybridized carbons (Fsp3) is 0.368. The Balaban J connectivity index is 1.65. The Labute approximate surface area is 142 Å². The summed E-state index contributed by atoms with van der Waals surface area (Å²) in [6, 6.07) is 13.4. The van der Waals surface area contributed by atoms with Gasteiger partial charge in [-0.05, 0) is 31.2 Å². The van der Waals surface area contributed by atoms with Crippen LogP contribution in [0.2, 0.25) is 0 Å². The van der Waals surface area contributed by atoms with E-state index in [1.54, 1.807) is 18.3 Å². The number of ether oxygens (including phenoxy) is 1. The van der Waals surface area contributed by atoms with Crippen LogP contribution in [0.15, 0.2) is 48.7 Å². The Morgan fingerprint density at radius 3 is 2.92 bits per heavy atom. The van der Waals surface area contributed by atoms with Crippen molar-refractivity contribution in [3.8, 4) is 0 Å². The standard InChI is InChI=1S/C19H23N3O2/c1-2-20-17-10-12-22(13-17)18-16(9-6-11-21-18)14-24-19(23)15-7-4-3-5-8-15/h3-9,11,17,20H,2,10,12-14H2,1H3. The van der Waals surface area contributed by atoms with Crippen molar-refractivity contribution >= 4 is 11.8 Å². The van der Waals surface area contributed by atoms with Gasteiger partial charge in [0.15, 0.2) is 0 Å². The predicted octanol–water partition coefficient (Wildman–Crippen LogP) is 2.63. The lowest BCUT2D eigenvalue weighted by Gasteiger charge is -2.20. The largest absolute Gasteiger partial charge is 0.457 e. The number of pyridine rings is 1. The van der Waals surface area contributed by atoms with Crippen LogP contribution in [0.1, 0.15) is 29.3 Å². The number of nitrogens with one attached hydrogen (secondary N) is 1. The van der Waals surface area contributed by atoms with Gasteiger partial charge in [0.25, 0.3) is 0 Å². The SMILES string of the molecule is CCNC1CCN(c2ncccc2COC(=O)c2ccccc2)C1. The van der Waals surface area contributed by atoms with Gasteiger partial charge in [-0.1, -0.05) is 31.2 Å². The molecule has 2 aromatic rings. The van der Waals surface area contributed by atoms with Gasteiger partial charge in [0.1, 0.15) is 12.4 Å². The van der Waals surface area contributed by atoms with Crippen LogP contribution in [0.5, 0.6) is 0 Å². The van der Waals surface area contributed by atoms with Gasteiger partial charge in [-0.3, -0.25) is 0 Å². The molecule has 0 radical (unpaired) electrons. The van der Waals surface area contributed by atoms with E-state index < -0.39 is 0 Å². The Hall–Kier alpha value is -2.40. The van der Waals surface area contributed by atoms with Gasteiger partial charge in [0, 0.05) is 30.9 Å². The smallest absolute Gasteiger partial charge is 0.338 e. The average molecular weight is 325 g/mol. The van der Waals surface area contributed by atoms with Crippen molar-refractivity contribution in [2.75, 3.05) is 24.5 Å². The Bertz CT molecular complexity index is 675. The molecule has 126 valence electrons. The van der Waals surface area contributed by atoms with Crippen LogP contribution >= 0.6 is 0 Å². The number of esters is 1. The first-order valence-corrected chi connectivity index (χ1v) is 8.42. The summed E-state index contributed by atoms with van der Waals surface area (Å²) in [4.78, 5) is 18.9. The predicted molar refractivity (Wildman–Crippen MR) is 94.1 cm³/mol. The number of anilines is 1. The van der Waals surface area contributed by atoms with Crippen molar-refractivity contribution in [3.63, 3.8) is 0 Å². The number of nitrogens with zero attached hydrogens (tertiary/aromatic N) is 2. The summed E-state index contributed by atoms with van der Waals surface area (Å²) in [7, 11) is 0. The van der Waals surface area contributed by atoms with Crippen molar-refractivity contribution in [1.82, 2.24) is 10.3 Å². The van der Waals surface area contributed by atoms with E-state index in [9.17, 15) is 4.79 Å². The van der Waals surface area contributed by atoms with Crippen LogP contribution in [-0.2, 0) is 11.3 Å². The molecule has 3 rings (SSSR count). The van der Waals surface area contributed by atoms with Gasteiger partial charge in [0.05, 0.1) is 5.56 Å². The molecule has 1 atom stereocenters. The number of hydrogen-bond donors (Lipinski definition) is 1. The normalized spacial score (nSPS) is 17.0. The third-order valence-electron chi connectivity index (χ3n) is 4.22. The topological polar surface area (TPSA) is 54.5 Å². The number of carbonyl (C=O) groups is 1. The molecule has 5 heteroatoms. The first-order valence-electron chi connectivity index (χ1n) is 8.42. The molecule has 0 amide bonds. The highest BCUT2D eigenvalue weighted by Crippen LogP contribution is 2.23. The Morgan fingerprint density at radius 2 is 2.12 bits per heavy atom. The Morgan fingerprint density at radius 1 is 1.29 bits per heavy atom. The van der Waals surface area contributed by atoms with E-state index in [-0.39, 0.29) is 12.6 Å². The van der Waals surface area contributed by atoms with Crippen LogP contribution in [0.3, 0.4) is 0 Å². The lowest BCUT2D eigenvalue weighted by atomic mass is 10.2. The molecule has 1 unspecified atom stereocenters.